The Morgan fingerprint density at radius 2 is 1.96 bits per heavy atom. The maximum absolute atomic E-state index is 12.7. The summed E-state index contributed by atoms with van der Waals surface area (Å²) in [5.41, 5.74) is 2.17. The first-order valence-electron chi connectivity index (χ1n) is 8.51. The number of nitrogens with zero attached hydrogens (tertiary/aromatic N) is 4. The Labute approximate surface area is 151 Å². The molecule has 1 aromatic carbocycles. The van der Waals surface area contributed by atoms with Crippen molar-refractivity contribution in [2.75, 3.05) is 13.1 Å². The molecule has 3 heterocycles. The van der Waals surface area contributed by atoms with Gasteiger partial charge in [-0.1, -0.05) is 23.7 Å². The van der Waals surface area contributed by atoms with Crippen LogP contribution < -0.4 is 0 Å². The second kappa shape index (κ2) is 6.84. The van der Waals surface area contributed by atoms with Gasteiger partial charge < -0.3 is 4.90 Å². The van der Waals surface area contributed by atoms with Gasteiger partial charge in [-0.3, -0.25) is 9.20 Å². The van der Waals surface area contributed by atoms with Gasteiger partial charge in [0.15, 0.2) is 0 Å². The van der Waals surface area contributed by atoms with Crippen molar-refractivity contribution < 1.29 is 4.79 Å². The molecule has 1 atom stereocenters. The molecule has 0 bridgehead atoms. The second-order valence-corrected chi connectivity index (χ2v) is 6.89. The van der Waals surface area contributed by atoms with E-state index in [1.807, 2.05) is 45.8 Å². The molecule has 1 saturated heterocycles. The molecule has 6 heteroatoms. The summed E-state index contributed by atoms with van der Waals surface area (Å²) in [4.78, 5) is 23.2. The van der Waals surface area contributed by atoms with Crippen molar-refractivity contribution in [3.63, 3.8) is 0 Å². The van der Waals surface area contributed by atoms with Gasteiger partial charge in [-0.05, 0) is 36.6 Å². The van der Waals surface area contributed by atoms with Gasteiger partial charge in [0, 0.05) is 48.3 Å². The fourth-order valence-corrected chi connectivity index (χ4v) is 3.65. The van der Waals surface area contributed by atoms with Crippen molar-refractivity contribution in [2.45, 2.75) is 25.2 Å². The highest BCUT2D eigenvalue weighted by molar-refractivity contribution is 6.30. The SMILES string of the molecule is O=C(Cc1ccc(Cl)cc1)N1CCCC(c2ccnc3nccn23)C1. The van der Waals surface area contributed by atoms with Crippen molar-refractivity contribution >= 4 is 23.3 Å². The maximum Gasteiger partial charge on any atom is 0.233 e. The zero-order chi connectivity index (χ0) is 17.2. The number of piperidine rings is 1. The molecule has 5 nitrogen and oxygen atoms in total. The van der Waals surface area contributed by atoms with Gasteiger partial charge in [0.25, 0.3) is 0 Å². The van der Waals surface area contributed by atoms with Gasteiger partial charge in [0.05, 0.1) is 6.42 Å². The third-order valence-electron chi connectivity index (χ3n) is 4.80. The number of hydrogen-bond acceptors (Lipinski definition) is 3. The Kier molecular flexibility index (Phi) is 4.40. The lowest BCUT2D eigenvalue weighted by Gasteiger charge is -2.33. The largest absolute Gasteiger partial charge is 0.342 e. The van der Waals surface area contributed by atoms with Crippen molar-refractivity contribution in [2.24, 2.45) is 0 Å². The fraction of sp³-hybridized carbons (Fsp3) is 0.316. The molecule has 1 fully saturated rings. The minimum atomic E-state index is 0.169. The van der Waals surface area contributed by atoms with Crippen molar-refractivity contribution in [1.29, 1.82) is 0 Å². The minimum absolute atomic E-state index is 0.169. The van der Waals surface area contributed by atoms with Crippen LogP contribution in [0.5, 0.6) is 0 Å². The number of imidazole rings is 1. The molecule has 0 spiro atoms. The van der Waals surface area contributed by atoms with Gasteiger partial charge in [-0.2, -0.15) is 0 Å². The lowest BCUT2D eigenvalue weighted by molar-refractivity contribution is -0.131. The zero-order valence-electron chi connectivity index (χ0n) is 13.8. The van der Waals surface area contributed by atoms with Crippen molar-refractivity contribution in [3.05, 3.63) is 65.2 Å². The third-order valence-corrected chi connectivity index (χ3v) is 5.05. The Morgan fingerprint density at radius 3 is 2.80 bits per heavy atom. The topological polar surface area (TPSA) is 50.5 Å². The second-order valence-electron chi connectivity index (χ2n) is 6.45. The maximum atomic E-state index is 12.7. The van der Waals surface area contributed by atoms with Crippen molar-refractivity contribution in [1.82, 2.24) is 19.3 Å². The third kappa shape index (κ3) is 3.37. The number of aromatic nitrogens is 3. The number of amides is 1. The quantitative estimate of drug-likeness (QED) is 0.725. The van der Waals surface area contributed by atoms with E-state index in [2.05, 4.69) is 9.97 Å². The van der Waals surface area contributed by atoms with Gasteiger partial charge >= 0.3 is 0 Å². The summed E-state index contributed by atoms with van der Waals surface area (Å²) < 4.78 is 2.03. The fourth-order valence-electron chi connectivity index (χ4n) is 3.52. The first-order valence-corrected chi connectivity index (χ1v) is 8.89. The molecule has 0 aliphatic carbocycles. The van der Waals surface area contributed by atoms with Gasteiger partial charge in [-0.25, -0.2) is 9.97 Å². The van der Waals surface area contributed by atoms with Gasteiger partial charge in [0.1, 0.15) is 0 Å². The number of carbonyl (C=O) groups excluding carboxylic acids is 1. The average molecular weight is 355 g/mol. The number of carbonyl (C=O) groups is 1. The molecule has 2 aromatic heterocycles. The first-order chi connectivity index (χ1) is 12.2. The van der Waals surface area contributed by atoms with E-state index in [-0.39, 0.29) is 5.91 Å². The Bertz CT molecular complexity index is 890. The molecule has 0 saturated carbocycles. The van der Waals surface area contributed by atoms with E-state index in [9.17, 15) is 4.79 Å². The summed E-state index contributed by atoms with van der Waals surface area (Å²) in [5.74, 6) is 1.19. The van der Waals surface area contributed by atoms with Crippen molar-refractivity contribution in [3.8, 4) is 0 Å². The lowest BCUT2D eigenvalue weighted by Crippen LogP contribution is -2.40. The summed E-state index contributed by atoms with van der Waals surface area (Å²) in [6.07, 6.45) is 7.99. The van der Waals surface area contributed by atoms with E-state index < -0.39 is 0 Å². The molecule has 1 aliphatic heterocycles. The highest BCUT2D eigenvalue weighted by Crippen LogP contribution is 2.27. The van der Waals surface area contributed by atoms with Crippen LogP contribution in [0.2, 0.25) is 5.02 Å². The van der Waals surface area contributed by atoms with Crippen LogP contribution in [0.1, 0.15) is 30.0 Å². The van der Waals surface area contributed by atoms with Gasteiger partial charge in [0.2, 0.25) is 11.7 Å². The average Bonchev–Trinajstić information content (AvgIpc) is 3.12. The summed E-state index contributed by atoms with van der Waals surface area (Å²) >= 11 is 5.91. The van der Waals surface area contributed by atoms with E-state index >= 15 is 0 Å². The number of halogens is 1. The Morgan fingerprint density at radius 1 is 1.16 bits per heavy atom. The van der Waals surface area contributed by atoms with E-state index in [1.54, 1.807) is 12.4 Å². The van der Waals surface area contributed by atoms with Crippen LogP contribution in [0.4, 0.5) is 0 Å². The van der Waals surface area contributed by atoms with Crippen LogP contribution in [-0.4, -0.2) is 38.3 Å². The van der Waals surface area contributed by atoms with Crippen LogP contribution >= 0.6 is 11.6 Å². The molecule has 4 rings (SSSR count). The molecule has 0 N–H and O–H groups in total. The number of hydrogen-bond donors (Lipinski definition) is 0. The molecular weight excluding hydrogens is 336 g/mol. The first kappa shape index (κ1) is 16.1. The van der Waals surface area contributed by atoms with E-state index in [0.717, 1.165) is 31.5 Å². The number of benzene rings is 1. The predicted octanol–water partition coefficient (Wildman–Crippen LogP) is 3.33. The van der Waals surface area contributed by atoms with Crippen LogP contribution in [0, 0.1) is 0 Å². The van der Waals surface area contributed by atoms with Crippen LogP contribution in [0.25, 0.3) is 5.78 Å². The monoisotopic (exact) mass is 354 g/mol. The number of likely N-dealkylation sites (tertiary alicyclic amines) is 1. The molecule has 25 heavy (non-hydrogen) atoms. The molecule has 1 amide bonds. The molecule has 128 valence electrons. The smallest absolute Gasteiger partial charge is 0.233 e. The molecule has 3 aromatic rings. The summed E-state index contributed by atoms with van der Waals surface area (Å²) in [6.45, 7) is 1.56. The Hall–Kier alpha value is -2.40. The Balaban J connectivity index is 1.50. The predicted molar refractivity (Wildman–Crippen MR) is 96.7 cm³/mol. The van der Waals surface area contributed by atoms with E-state index in [1.165, 1.54) is 5.69 Å². The standard InChI is InChI=1S/C19H19ClN4O/c20-16-5-3-14(4-6-16)12-18(25)23-10-1-2-15(13-23)17-7-8-21-19-22-9-11-24(17)19/h3-9,11,15H,1-2,10,12-13H2. The molecule has 1 unspecified atom stereocenters. The van der Waals surface area contributed by atoms with Gasteiger partial charge in [-0.15, -0.1) is 0 Å². The van der Waals surface area contributed by atoms with Crippen LogP contribution in [-0.2, 0) is 11.2 Å². The number of rotatable bonds is 3. The summed E-state index contributed by atoms with van der Waals surface area (Å²) in [7, 11) is 0. The van der Waals surface area contributed by atoms with Crippen LogP contribution in [0.15, 0.2) is 48.9 Å². The summed E-state index contributed by atoms with van der Waals surface area (Å²) in [5, 5.41) is 0.691. The highest BCUT2D eigenvalue weighted by Gasteiger charge is 2.26. The summed E-state index contributed by atoms with van der Waals surface area (Å²) in [6, 6.07) is 9.53. The molecular formula is C19H19ClN4O. The minimum Gasteiger partial charge on any atom is -0.342 e. The normalized spacial score (nSPS) is 17.8. The van der Waals surface area contributed by atoms with Crippen LogP contribution in [0.3, 0.4) is 0 Å². The van der Waals surface area contributed by atoms with E-state index in [4.69, 9.17) is 11.6 Å². The highest BCUT2D eigenvalue weighted by atomic mass is 35.5. The molecule has 1 aliphatic rings. The lowest BCUT2D eigenvalue weighted by atomic mass is 9.94. The van der Waals surface area contributed by atoms with E-state index in [0.29, 0.717) is 23.1 Å². The zero-order valence-corrected chi connectivity index (χ0v) is 14.6. The molecule has 0 radical (unpaired) electrons. The number of fused-ring (bicyclic) bond motifs is 1.